The van der Waals surface area contributed by atoms with Crippen molar-refractivity contribution in [3.63, 3.8) is 0 Å². The first-order valence-corrected chi connectivity index (χ1v) is 12.7. The van der Waals surface area contributed by atoms with Gasteiger partial charge in [0, 0.05) is 26.9 Å². The maximum Gasteiger partial charge on any atom is 0.302 e. The quantitative estimate of drug-likeness (QED) is 0.315. The van der Waals surface area contributed by atoms with Gasteiger partial charge in [-0.15, -0.1) is 0 Å². The van der Waals surface area contributed by atoms with Crippen LogP contribution in [0.2, 0.25) is 0 Å². The summed E-state index contributed by atoms with van der Waals surface area (Å²) in [5.74, 6) is -0.0551. The maximum atomic E-state index is 11.3. The van der Waals surface area contributed by atoms with E-state index in [1.807, 2.05) is 0 Å². The Hall–Kier alpha value is -1.09. The van der Waals surface area contributed by atoms with E-state index in [0.717, 1.165) is 11.6 Å². The number of aliphatic imine (C=N–C) groups is 2. The number of nitrogens with zero attached hydrogens (tertiary/aromatic N) is 2. The number of aliphatic hydroxyl groups is 3. The molecule has 5 N–H and O–H groups in total. The summed E-state index contributed by atoms with van der Waals surface area (Å²) in [7, 11) is 3.38. The Morgan fingerprint density at radius 2 is 1.58 bits per heavy atom. The van der Waals surface area contributed by atoms with Crippen LogP contribution in [-0.4, -0.2) is 106 Å². The van der Waals surface area contributed by atoms with Crippen LogP contribution in [0.15, 0.2) is 9.98 Å². The van der Waals surface area contributed by atoms with Gasteiger partial charge < -0.3 is 40.2 Å². The fourth-order valence-electron chi connectivity index (χ4n) is 4.31. The Morgan fingerprint density at radius 3 is 2.09 bits per heavy atom. The summed E-state index contributed by atoms with van der Waals surface area (Å²) in [5.41, 5.74) is -0.326. The Balaban J connectivity index is 0.000000189. The number of hydrogen-bond donors (Lipinski definition) is 5. The Morgan fingerprint density at radius 1 is 1.03 bits per heavy atom. The molecular formula is C20H34N4O7S2. The molecule has 4 saturated heterocycles. The summed E-state index contributed by atoms with van der Waals surface area (Å²) in [6, 6.07) is -0.373. The van der Waals surface area contributed by atoms with Gasteiger partial charge in [0.15, 0.2) is 10.3 Å². The van der Waals surface area contributed by atoms with Gasteiger partial charge in [0.25, 0.3) is 0 Å². The van der Waals surface area contributed by atoms with Crippen molar-refractivity contribution in [3.05, 3.63) is 0 Å². The second-order valence-corrected chi connectivity index (χ2v) is 10.4. The Bertz CT molecular complexity index is 758. The number of nitrogens with one attached hydrogen (secondary N) is 2. The van der Waals surface area contributed by atoms with E-state index < -0.39 is 18.3 Å². The molecule has 4 aliphatic rings. The van der Waals surface area contributed by atoms with Crippen LogP contribution in [0, 0.1) is 5.92 Å². The van der Waals surface area contributed by atoms with Crippen LogP contribution in [0.4, 0.5) is 0 Å². The Labute approximate surface area is 202 Å². The summed E-state index contributed by atoms with van der Waals surface area (Å²) < 4.78 is 17.0. The molecule has 4 heterocycles. The minimum absolute atomic E-state index is 0.00426. The molecule has 0 bridgehead atoms. The minimum Gasteiger partial charge on any atom is -0.460 e. The first kappa shape index (κ1) is 26.5. The van der Waals surface area contributed by atoms with Gasteiger partial charge in [-0.2, -0.15) is 0 Å². The molecular weight excluding hydrogens is 472 g/mol. The second-order valence-electron chi connectivity index (χ2n) is 8.22. The lowest BCUT2D eigenvalue weighted by Gasteiger charge is -2.41. The average Bonchev–Trinajstić information content (AvgIpc) is 3.41. The van der Waals surface area contributed by atoms with Crippen molar-refractivity contribution in [2.24, 2.45) is 15.9 Å². The fourth-order valence-corrected chi connectivity index (χ4v) is 6.51. The van der Waals surface area contributed by atoms with E-state index in [2.05, 4.69) is 34.5 Å². The predicted molar refractivity (Wildman–Crippen MR) is 127 cm³/mol. The molecule has 13 heteroatoms. The lowest BCUT2D eigenvalue weighted by molar-refractivity contribution is -0.168. The number of carbonyl (C=O) groups excluding carboxylic acids is 1. The number of aliphatic hydroxyl groups excluding tert-OH is 3. The number of hydrogen-bond acceptors (Lipinski definition) is 11. The van der Waals surface area contributed by atoms with E-state index in [4.69, 9.17) is 19.3 Å². The number of thioether (sulfide) groups is 2. The molecule has 188 valence electrons. The summed E-state index contributed by atoms with van der Waals surface area (Å²) in [6.45, 7) is 5.31. The van der Waals surface area contributed by atoms with Crippen LogP contribution in [0.5, 0.6) is 0 Å². The highest BCUT2D eigenvalue weighted by atomic mass is 32.2. The van der Waals surface area contributed by atoms with Crippen molar-refractivity contribution in [3.8, 4) is 0 Å². The smallest absolute Gasteiger partial charge is 0.302 e. The molecule has 10 atom stereocenters. The van der Waals surface area contributed by atoms with Crippen molar-refractivity contribution in [2.45, 2.75) is 80.7 Å². The fraction of sp³-hybridized carbons (Fsp3) is 0.850. The second kappa shape index (κ2) is 11.6. The third-order valence-electron chi connectivity index (χ3n) is 6.09. The van der Waals surface area contributed by atoms with E-state index >= 15 is 0 Å². The van der Waals surface area contributed by atoms with Crippen LogP contribution in [0.25, 0.3) is 0 Å². The number of amidine groups is 2. The van der Waals surface area contributed by atoms with Crippen molar-refractivity contribution in [1.29, 1.82) is 0 Å². The average molecular weight is 507 g/mol. The number of carbonyl (C=O) groups is 1. The van der Waals surface area contributed by atoms with Crippen molar-refractivity contribution >= 4 is 39.8 Å². The van der Waals surface area contributed by atoms with Crippen LogP contribution >= 0.6 is 23.5 Å². The first-order valence-electron chi connectivity index (χ1n) is 11.0. The molecule has 0 radical (unpaired) electrons. The molecule has 11 nitrogen and oxygen atoms in total. The lowest BCUT2D eigenvalue weighted by atomic mass is 9.88. The zero-order valence-corrected chi connectivity index (χ0v) is 21.0. The van der Waals surface area contributed by atoms with Gasteiger partial charge in [0.1, 0.15) is 41.3 Å². The van der Waals surface area contributed by atoms with Gasteiger partial charge in [-0.25, -0.2) is 0 Å². The van der Waals surface area contributed by atoms with E-state index in [1.54, 1.807) is 25.9 Å². The maximum absolute atomic E-state index is 11.3. The van der Waals surface area contributed by atoms with Gasteiger partial charge in [-0.1, -0.05) is 37.4 Å². The number of fused-ring (bicyclic) bond motifs is 2. The van der Waals surface area contributed by atoms with Gasteiger partial charge in [-0.05, 0) is 6.42 Å². The summed E-state index contributed by atoms with van der Waals surface area (Å²) in [6.07, 6.45) is -1.86. The molecule has 33 heavy (non-hydrogen) atoms. The molecule has 0 aromatic carbocycles. The number of ether oxygens (including phenoxy) is 3. The van der Waals surface area contributed by atoms with Crippen LogP contribution < -0.4 is 10.6 Å². The largest absolute Gasteiger partial charge is 0.460 e. The predicted octanol–water partition coefficient (Wildman–Crippen LogP) is -0.504. The molecule has 0 amide bonds. The molecule has 0 spiro atoms. The van der Waals surface area contributed by atoms with E-state index in [9.17, 15) is 15.0 Å². The highest BCUT2D eigenvalue weighted by Crippen LogP contribution is 2.38. The summed E-state index contributed by atoms with van der Waals surface area (Å²) >= 11 is 2.93. The van der Waals surface area contributed by atoms with Gasteiger partial charge in [-0.3, -0.25) is 14.8 Å². The third-order valence-corrected chi connectivity index (χ3v) is 8.41. The molecule has 0 aromatic rings. The first-order chi connectivity index (χ1) is 15.7. The standard InChI is InChI=1S/C12H20N2O3S.C8H14N2O4S/c1-5-8-6(2)10(16-7(3)15)9-11(17-8)18-12(13-4)14-9;1-9-8-10-4-6(13)5(12)3(2-11)14-7(4)15-8/h6,8-11H,5H2,1-4H3,(H,13,14);3-7,11-13H,2H2,1H3,(H,9,10)/t6-,8-,9-,10+,11-;3-,4-,5-,6-,7-/m11/s1. The highest BCUT2D eigenvalue weighted by molar-refractivity contribution is 8.14. The number of rotatable bonds is 3. The van der Waals surface area contributed by atoms with Gasteiger partial charge in [0.2, 0.25) is 0 Å². The van der Waals surface area contributed by atoms with Gasteiger partial charge in [0.05, 0.1) is 18.8 Å². The summed E-state index contributed by atoms with van der Waals surface area (Å²) in [4.78, 5) is 19.4. The normalized spacial score (nSPS) is 44.2. The highest BCUT2D eigenvalue weighted by Gasteiger charge is 2.50. The van der Waals surface area contributed by atoms with Crippen molar-refractivity contribution in [1.82, 2.24) is 10.6 Å². The third kappa shape index (κ3) is 5.77. The molecule has 4 rings (SSSR count). The Kier molecular flexibility index (Phi) is 9.29. The molecule has 0 aromatic heterocycles. The van der Waals surface area contributed by atoms with Crippen molar-refractivity contribution in [2.75, 3.05) is 20.7 Å². The molecule has 0 unspecified atom stereocenters. The lowest BCUT2D eigenvalue weighted by Crippen LogP contribution is -2.59. The molecule has 4 fully saturated rings. The molecule has 0 saturated carbocycles. The van der Waals surface area contributed by atoms with Crippen molar-refractivity contribution < 1.29 is 34.3 Å². The van der Waals surface area contributed by atoms with E-state index in [-0.39, 0.29) is 53.7 Å². The zero-order chi connectivity index (χ0) is 24.3. The van der Waals surface area contributed by atoms with Crippen LogP contribution in [-0.2, 0) is 19.0 Å². The molecule has 0 aliphatic carbocycles. The minimum atomic E-state index is -1.07. The topological polar surface area (TPSA) is 154 Å². The SMILES string of the molecule is CC[C@H]1O[C@@H]2SC(=NC)N[C@@H]2[C@@H](OC(C)=O)[C@@H]1C.CN=C1N[C@@H]2[C@@H](O)[C@H](O)[C@@H](CO)O[C@@H]2S1. The summed E-state index contributed by atoms with van der Waals surface area (Å²) in [5, 5.41) is 36.2. The van der Waals surface area contributed by atoms with E-state index in [1.165, 1.54) is 18.7 Å². The van der Waals surface area contributed by atoms with Crippen LogP contribution in [0.1, 0.15) is 27.2 Å². The van der Waals surface area contributed by atoms with Crippen LogP contribution in [0.3, 0.4) is 0 Å². The monoisotopic (exact) mass is 506 g/mol. The van der Waals surface area contributed by atoms with Gasteiger partial charge >= 0.3 is 5.97 Å². The number of esters is 1. The zero-order valence-electron chi connectivity index (χ0n) is 19.4. The van der Waals surface area contributed by atoms with E-state index in [0.29, 0.717) is 5.17 Å². The molecule has 4 aliphatic heterocycles.